The van der Waals surface area contributed by atoms with E-state index in [0.29, 0.717) is 35.5 Å². The van der Waals surface area contributed by atoms with E-state index in [1.54, 1.807) is 0 Å². The van der Waals surface area contributed by atoms with Gasteiger partial charge in [0.15, 0.2) is 0 Å². The minimum atomic E-state index is -0.0437. The van der Waals surface area contributed by atoms with E-state index in [-0.39, 0.29) is 23.7 Å². The fourth-order valence-electron chi connectivity index (χ4n) is 7.07. The molecule has 5 aliphatic rings. The predicted molar refractivity (Wildman–Crippen MR) is 90.0 cm³/mol. The van der Waals surface area contributed by atoms with Crippen molar-refractivity contribution in [3.05, 3.63) is 42.0 Å². The highest BCUT2D eigenvalue weighted by molar-refractivity contribution is 6.22. The molecule has 6 rings (SSSR count). The van der Waals surface area contributed by atoms with Gasteiger partial charge in [-0.2, -0.15) is 0 Å². The van der Waals surface area contributed by atoms with E-state index >= 15 is 0 Å². The maximum atomic E-state index is 13.2. The summed E-state index contributed by atoms with van der Waals surface area (Å²) in [5.41, 5.74) is 1.91. The summed E-state index contributed by atoms with van der Waals surface area (Å²) in [6.07, 6.45) is 7.16. The van der Waals surface area contributed by atoms with Gasteiger partial charge in [0.05, 0.1) is 17.5 Å². The van der Waals surface area contributed by atoms with E-state index < -0.39 is 0 Å². The summed E-state index contributed by atoms with van der Waals surface area (Å²) >= 11 is 0. The van der Waals surface area contributed by atoms with Gasteiger partial charge in [-0.15, -0.1) is 0 Å². The molecule has 0 radical (unpaired) electrons. The van der Waals surface area contributed by atoms with E-state index in [9.17, 15) is 9.59 Å². The lowest BCUT2D eigenvalue weighted by Crippen LogP contribution is -2.38. The van der Waals surface area contributed by atoms with E-state index in [1.807, 2.05) is 31.2 Å². The minimum Gasteiger partial charge on any atom is -0.274 e. The molecule has 4 aliphatic carbocycles. The number of hydrogen-bond donors (Lipinski definition) is 0. The SMILES string of the molecule is Cc1ccc(N2C(=O)C3C4CC(C3C2=O)C2C3C=CC(C3)C42)cc1. The fourth-order valence-corrected chi connectivity index (χ4v) is 7.07. The standard InChI is InChI=1S/C21H21NO2/c1-10-2-6-13(7-3-10)22-20(23)18-14-9-15(19(18)21(22)24)17-12-5-4-11(8-12)16(14)17/h2-7,11-12,14-19H,8-9H2,1H3. The third kappa shape index (κ3) is 1.37. The van der Waals surface area contributed by atoms with Gasteiger partial charge in [-0.05, 0) is 67.4 Å². The Morgan fingerprint density at radius 2 is 1.38 bits per heavy atom. The van der Waals surface area contributed by atoms with Gasteiger partial charge in [0, 0.05) is 0 Å². The second-order valence-electron chi connectivity index (χ2n) is 8.57. The summed E-state index contributed by atoms with van der Waals surface area (Å²) in [6, 6.07) is 7.80. The van der Waals surface area contributed by atoms with Gasteiger partial charge in [0.2, 0.25) is 11.8 Å². The smallest absolute Gasteiger partial charge is 0.237 e. The van der Waals surface area contributed by atoms with Crippen LogP contribution in [0.4, 0.5) is 5.69 Å². The van der Waals surface area contributed by atoms with Crippen LogP contribution in [0.5, 0.6) is 0 Å². The van der Waals surface area contributed by atoms with Gasteiger partial charge in [0.1, 0.15) is 0 Å². The van der Waals surface area contributed by atoms with Crippen molar-refractivity contribution in [1.82, 2.24) is 0 Å². The van der Waals surface area contributed by atoms with Crippen molar-refractivity contribution in [2.45, 2.75) is 19.8 Å². The molecule has 3 saturated carbocycles. The van der Waals surface area contributed by atoms with Crippen molar-refractivity contribution in [3.63, 3.8) is 0 Å². The number of carbonyl (C=O) groups is 2. The zero-order valence-corrected chi connectivity index (χ0v) is 13.8. The molecule has 8 unspecified atom stereocenters. The number of amides is 2. The molecule has 1 aromatic carbocycles. The molecule has 1 aromatic rings. The zero-order chi connectivity index (χ0) is 16.2. The molecule has 2 amide bonds. The lowest BCUT2D eigenvalue weighted by molar-refractivity contribution is -0.123. The van der Waals surface area contributed by atoms with Crippen LogP contribution in [0.25, 0.3) is 0 Å². The van der Waals surface area contributed by atoms with Crippen molar-refractivity contribution >= 4 is 17.5 Å². The number of fused-ring (bicyclic) bond motifs is 12. The molecule has 4 bridgehead atoms. The molecule has 0 spiro atoms. The van der Waals surface area contributed by atoms with Crippen LogP contribution in [0.1, 0.15) is 18.4 Å². The largest absolute Gasteiger partial charge is 0.274 e. The summed E-state index contributed by atoms with van der Waals surface area (Å²) < 4.78 is 0. The van der Waals surface area contributed by atoms with Gasteiger partial charge >= 0.3 is 0 Å². The van der Waals surface area contributed by atoms with E-state index in [2.05, 4.69) is 12.2 Å². The van der Waals surface area contributed by atoms with Crippen LogP contribution in [0.15, 0.2) is 36.4 Å². The van der Waals surface area contributed by atoms with Gasteiger partial charge in [0.25, 0.3) is 0 Å². The Kier molecular flexibility index (Phi) is 2.34. The lowest BCUT2D eigenvalue weighted by Gasteiger charge is -2.36. The first kappa shape index (κ1) is 13.4. The van der Waals surface area contributed by atoms with Gasteiger partial charge < -0.3 is 0 Å². The van der Waals surface area contributed by atoms with Crippen molar-refractivity contribution in [3.8, 4) is 0 Å². The monoisotopic (exact) mass is 319 g/mol. The number of aryl methyl sites for hydroxylation is 1. The molecule has 1 saturated heterocycles. The average Bonchev–Trinajstić information content (AvgIpc) is 3.35. The summed E-state index contributed by atoms with van der Waals surface area (Å²) in [5, 5.41) is 0. The molecule has 3 heteroatoms. The van der Waals surface area contributed by atoms with E-state index in [4.69, 9.17) is 0 Å². The third-order valence-electron chi connectivity index (χ3n) is 7.73. The number of hydrogen-bond acceptors (Lipinski definition) is 2. The second-order valence-corrected chi connectivity index (χ2v) is 8.57. The Balaban J connectivity index is 1.40. The normalized spacial score (nSPS) is 47.0. The summed E-state index contributed by atoms with van der Waals surface area (Å²) in [5.74, 6) is 3.63. The Morgan fingerprint density at radius 1 is 0.833 bits per heavy atom. The summed E-state index contributed by atoms with van der Waals surface area (Å²) in [7, 11) is 0. The van der Waals surface area contributed by atoms with Crippen LogP contribution in [0.3, 0.4) is 0 Å². The van der Waals surface area contributed by atoms with Crippen LogP contribution >= 0.6 is 0 Å². The molecule has 3 nitrogen and oxygen atoms in total. The van der Waals surface area contributed by atoms with E-state index in [0.717, 1.165) is 17.7 Å². The number of rotatable bonds is 1. The summed E-state index contributed by atoms with van der Waals surface area (Å²) in [4.78, 5) is 27.8. The number of imide groups is 1. The van der Waals surface area contributed by atoms with Gasteiger partial charge in [-0.1, -0.05) is 29.8 Å². The summed E-state index contributed by atoms with van der Waals surface area (Å²) in [6.45, 7) is 2.02. The van der Waals surface area contributed by atoms with Crippen LogP contribution in [-0.4, -0.2) is 11.8 Å². The van der Waals surface area contributed by atoms with E-state index in [1.165, 1.54) is 11.3 Å². The average molecular weight is 319 g/mol. The van der Waals surface area contributed by atoms with Crippen molar-refractivity contribution in [1.29, 1.82) is 0 Å². The molecule has 1 heterocycles. The van der Waals surface area contributed by atoms with Crippen molar-refractivity contribution < 1.29 is 9.59 Å². The van der Waals surface area contributed by atoms with Gasteiger partial charge in [-0.3, -0.25) is 14.5 Å². The fraction of sp³-hybridized carbons (Fsp3) is 0.524. The topological polar surface area (TPSA) is 37.4 Å². The Bertz CT molecular complexity index is 753. The molecule has 8 atom stereocenters. The molecule has 0 N–H and O–H groups in total. The maximum absolute atomic E-state index is 13.2. The molecule has 1 aliphatic heterocycles. The van der Waals surface area contributed by atoms with Crippen LogP contribution in [0.2, 0.25) is 0 Å². The highest BCUT2D eigenvalue weighted by atomic mass is 16.2. The predicted octanol–water partition coefficient (Wildman–Crippen LogP) is 3.19. The number of nitrogens with zero attached hydrogens (tertiary/aromatic N) is 1. The number of anilines is 1. The quantitative estimate of drug-likeness (QED) is 0.453. The molecular formula is C21H21NO2. The number of benzene rings is 1. The minimum absolute atomic E-state index is 0.0437. The molecule has 24 heavy (non-hydrogen) atoms. The third-order valence-corrected chi connectivity index (χ3v) is 7.73. The van der Waals surface area contributed by atoms with Crippen molar-refractivity contribution in [2.24, 2.45) is 47.3 Å². The van der Waals surface area contributed by atoms with Crippen molar-refractivity contribution in [2.75, 3.05) is 4.90 Å². The highest BCUT2D eigenvalue weighted by Gasteiger charge is 2.71. The van der Waals surface area contributed by atoms with Crippen LogP contribution in [-0.2, 0) is 9.59 Å². The molecule has 4 fully saturated rings. The Labute approximate surface area is 141 Å². The van der Waals surface area contributed by atoms with Crippen LogP contribution in [0, 0.1) is 54.3 Å². The first-order valence-corrected chi connectivity index (χ1v) is 9.28. The molecular weight excluding hydrogens is 298 g/mol. The molecule has 0 aromatic heterocycles. The first-order chi connectivity index (χ1) is 11.6. The van der Waals surface area contributed by atoms with Gasteiger partial charge in [-0.25, -0.2) is 0 Å². The first-order valence-electron chi connectivity index (χ1n) is 9.28. The molecule has 122 valence electrons. The number of allylic oxidation sites excluding steroid dienone is 2. The second kappa shape index (κ2) is 4.19. The Morgan fingerprint density at radius 3 is 1.92 bits per heavy atom. The lowest BCUT2D eigenvalue weighted by atomic mass is 9.65. The zero-order valence-electron chi connectivity index (χ0n) is 13.8. The van der Waals surface area contributed by atoms with Crippen LogP contribution < -0.4 is 4.90 Å². The maximum Gasteiger partial charge on any atom is 0.237 e. The highest BCUT2D eigenvalue weighted by Crippen LogP contribution is 2.70. The number of carbonyl (C=O) groups excluding carboxylic acids is 2. The Hall–Kier alpha value is -1.90.